The van der Waals surface area contributed by atoms with Gasteiger partial charge in [-0.25, -0.2) is 14.6 Å². The first-order chi connectivity index (χ1) is 17.6. The van der Waals surface area contributed by atoms with Crippen LogP contribution in [0.4, 0.5) is 5.82 Å². The number of benzene rings is 3. The Morgan fingerprint density at radius 1 is 0.861 bits per heavy atom. The normalized spacial score (nSPS) is 11.1. The number of H-pyrrole nitrogens is 1. The number of aromatic amines is 1. The highest BCUT2D eigenvalue weighted by molar-refractivity contribution is 6.30. The van der Waals surface area contributed by atoms with Gasteiger partial charge in [-0.3, -0.25) is 9.78 Å². The summed E-state index contributed by atoms with van der Waals surface area (Å²) in [5.74, 6) is 0.361. The van der Waals surface area contributed by atoms with Gasteiger partial charge in [0.1, 0.15) is 11.2 Å². The van der Waals surface area contributed by atoms with Gasteiger partial charge in [-0.1, -0.05) is 60.1 Å². The minimum Gasteiger partial charge on any atom is -0.382 e. The molecule has 3 aromatic carbocycles. The molecule has 0 saturated carbocycles. The zero-order valence-electron chi connectivity index (χ0n) is 18.8. The van der Waals surface area contributed by atoms with E-state index in [2.05, 4.69) is 25.0 Å². The molecule has 3 heterocycles. The van der Waals surface area contributed by atoms with Gasteiger partial charge in [0.2, 0.25) is 0 Å². The van der Waals surface area contributed by atoms with Crippen LogP contribution in [0, 0.1) is 0 Å². The number of nitrogen functional groups attached to an aromatic ring is 1. The second kappa shape index (κ2) is 8.75. The van der Waals surface area contributed by atoms with Crippen LogP contribution < -0.4 is 11.3 Å². The molecule has 3 aromatic heterocycles. The first kappa shape index (κ1) is 21.7. The van der Waals surface area contributed by atoms with Crippen molar-refractivity contribution in [3.63, 3.8) is 0 Å². The third-order valence-corrected chi connectivity index (χ3v) is 6.17. The lowest BCUT2D eigenvalue weighted by Crippen LogP contribution is -2.07. The second-order valence-corrected chi connectivity index (χ2v) is 8.57. The molecule has 0 radical (unpaired) electrons. The largest absolute Gasteiger partial charge is 0.382 e. The Bertz CT molecular complexity index is 1770. The molecule has 36 heavy (non-hydrogen) atoms. The fraction of sp³-hybridized carbons (Fsp3) is 0. The lowest BCUT2D eigenvalue weighted by atomic mass is 9.92. The number of halogens is 1. The second-order valence-electron chi connectivity index (χ2n) is 8.14. The summed E-state index contributed by atoms with van der Waals surface area (Å²) in [6.45, 7) is 0. The standard InChI is InChI=1S/C27H18ClN7O/c28-19-10-8-16(9-11-19)20-2-1-3-23(35-26-21(12-33-35)27(36)32-15-31-26)25(20)18-6-4-17(5-7-18)22-13-30-14-24(29)34-22/h1-15H,(H2,29,34)(H,31,32,36). The fourth-order valence-electron chi connectivity index (χ4n) is 4.25. The van der Waals surface area contributed by atoms with Gasteiger partial charge in [0, 0.05) is 16.1 Å². The monoisotopic (exact) mass is 491 g/mol. The lowest BCUT2D eigenvalue weighted by Gasteiger charge is -2.16. The first-order valence-corrected chi connectivity index (χ1v) is 11.5. The first-order valence-electron chi connectivity index (χ1n) is 11.1. The molecule has 0 aliphatic heterocycles. The van der Waals surface area contributed by atoms with Crippen LogP contribution in [-0.4, -0.2) is 29.7 Å². The van der Waals surface area contributed by atoms with Crippen molar-refractivity contribution in [1.82, 2.24) is 29.7 Å². The van der Waals surface area contributed by atoms with Crippen LogP contribution in [0.15, 0.2) is 96.4 Å². The van der Waals surface area contributed by atoms with Crippen molar-refractivity contribution in [2.24, 2.45) is 0 Å². The van der Waals surface area contributed by atoms with Crippen molar-refractivity contribution in [1.29, 1.82) is 0 Å². The summed E-state index contributed by atoms with van der Waals surface area (Å²) in [6.07, 6.45) is 6.10. The van der Waals surface area contributed by atoms with Crippen molar-refractivity contribution >= 4 is 28.5 Å². The van der Waals surface area contributed by atoms with Crippen molar-refractivity contribution in [2.75, 3.05) is 5.73 Å². The molecule has 0 amide bonds. The molecule has 0 bridgehead atoms. The zero-order valence-corrected chi connectivity index (χ0v) is 19.5. The minimum atomic E-state index is -0.241. The van der Waals surface area contributed by atoms with E-state index in [0.29, 0.717) is 27.6 Å². The Morgan fingerprint density at radius 2 is 1.61 bits per heavy atom. The topological polar surface area (TPSA) is 115 Å². The Kier molecular flexibility index (Phi) is 5.28. The van der Waals surface area contributed by atoms with E-state index < -0.39 is 0 Å². The highest BCUT2D eigenvalue weighted by Gasteiger charge is 2.18. The molecular weight excluding hydrogens is 474 g/mol. The average molecular weight is 492 g/mol. The van der Waals surface area contributed by atoms with Crippen molar-refractivity contribution in [3.8, 4) is 39.2 Å². The van der Waals surface area contributed by atoms with Crippen LogP contribution in [0.3, 0.4) is 0 Å². The Morgan fingerprint density at radius 3 is 2.39 bits per heavy atom. The molecule has 0 aliphatic rings. The summed E-state index contributed by atoms with van der Waals surface area (Å²) in [4.78, 5) is 27.8. The summed E-state index contributed by atoms with van der Waals surface area (Å²) in [5.41, 5.74) is 12.3. The van der Waals surface area contributed by atoms with Gasteiger partial charge in [-0.2, -0.15) is 5.10 Å². The van der Waals surface area contributed by atoms with Gasteiger partial charge >= 0.3 is 0 Å². The van der Waals surface area contributed by atoms with Gasteiger partial charge in [0.15, 0.2) is 5.65 Å². The predicted octanol–water partition coefficient (Wildman–Crippen LogP) is 5.14. The maximum Gasteiger partial charge on any atom is 0.261 e. The lowest BCUT2D eigenvalue weighted by molar-refractivity contribution is 0.896. The van der Waals surface area contributed by atoms with Crippen molar-refractivity contribution in [2.45, 2.75) is 0 Å². The number of anilines is 1. The molecule has 6 aromatic rings. The molecular formula is C27H18ClN7O. The molecule has 6 rings (SSSR count). The number of hydrogen-bond donors (Lipinski definition) is 2. The molecule has 0 spiro atoms. The predicted molar refractivity (Wildman–Crippen MR) is 141 cm³/mol. The molecule has 0 saturated heterocycles. The number of nitrogens with two attached hydrogens (primary N) is 1. The van der Waals surface area contributed by atoms with E-state index in [4.69, 9.17) is 17.3 Å². The maximum absolute atomic E-state index is 12.3. The molecule has 174 valence electrons. The minimum absolute atomic E-state index is 0.241. The number of aromatic nitrogens is 6. The van der Waals surface area contributed by atoms with E-state index in [0.717, 1.165) is 33.5 Å². The molecule has 0 fully saturated rings. The number of fused-ring (bicyclic) bond motifs is 1. The van der Waals surface area contributed by atoms with Crippen LogP contribution in [0.2, 0.25) is 5.02 Å². The number of nitrogens with one attached hydrogen (secondary N) is 1. The number of rotatable bonds is 4. The molecule has 9 heteroatoms. The molecule has 8 nitrogen and oxygen atoms in total. The van der Waals surface area contributed by atoms with Crippen molar-refractivity contribution < 1.29 is 0 Å². The van der Waals surface area contributed by atoms with E-state index in [1.165, 1.54) is 18.7 Å². The van der Waals surface area contributed by atoms with Crippen LogP contribution in [-0.2, 0) is 0 Å². The van der Waals surface area contributed by atoms with Gasteiger partial charge < -0.3 is 10.7 Å². The summed E-state index contributed by atoms with van der Waals surface area (Å²) in [7, 11) is 0. The SMILES string of the molecule is Nc1cncc(-c2ccc(-c3c(-c4ccc(Cl)cc4)cccc3-n3ncc4c(=O)[nH]cnc43)cc2)n1. The van der Waals surface area contributed by atoms with Gasteiger partial charge in [-0.05, 0) is 34.9 Å². The summed E-state index contributed by atoms with van der Waals surface area (Å²) in [5, 5.41) is 5.59. The Labute approximate surface area is 210 Å². The van der Waals surface area contributed by atoms with Crippen LogP contribution in [0.1, 0.15) is 0 Å². The Hall–Kier alpha value is -4.82. The third kappa shape index (κ3) is 3.79. The fourth-order valence-corrected chi connectivity index (χ4v) is 4.38. The zero-order chi connectivity index (χ0) is 24.6. The van der Waals surface area contributed by atoms with E-state index >= 15 is 0 Å². The molecule has 0 atom stereocenters. The molecule has 0 aliphatic carbocycles. The maximum atomic E-state index is 12.3. The highest BCUT2D eigenvalue weighted by Crippen LogP contribution is 2.38. The number of hydrogen-bond acceptors (Lipinski definition) is 6. The molecule has 0 unspecified atom stereocenters. The summed E-state index contributed by atoms with van der Waals surface area (Å²) < 4.78 is 1.69. The van der Waals surface area contributed by atoms with Crippen molar-refractivity contribution in [3.05, 3.63) is 107 Å². The molecule has 3 N–H and O–H groups in total. The van der Waals surface area contributed by atoms with E-state index in [9.17, 15) is 4.79 Å². The number of nitrogens with zero attached hydrogens (tertiary/aromatic N) is 5. The highest BCUT2D eigenvalue weighted by atomic mass is 35.5. The van der Waals surface area contributed by atoms with E-state index in [1.54, 1.807) is 10.9 Å². The van der Waals surface area contributed by atoms with Crippen LogP contribution in [0.25, 0.3) is 50.2 Å². The van der Waals surface area contributed by atoms with Gasteiger partial charge in [0.25, 0.3) is 5.56 Å². The van der Waals surface area contributed by atoms with Crippen LogP contribution >= 0.6 is 11.6 Å². The average Bonchev–Trinajstić information content (AvgIpc) is 3.34. The smallest absolute Gasteiger partial charge is 0.261 e. The quantitative estimate of drug-likeness (QED) is 0.353. The van der Waals surface area contributed by atoms with Crippen LogP contribution in [0.5, 0.6) is 0 Å². The van der Waals surface area contributed by atoms with Gasteiger partial charge in [0.05, 0.1) is 36.3 Å². The Balaban J connectivity index is 1.58. The van der Waals surface area contributed by atoms with E-state index in [1.807, 2.05) is 66.7 Å². The third-order valence-electron chi connectivity index (χ3n) is 5.92. The summed E-state index contributed by atoms with van der Waals surface area (Å²) in [6, 6.07) is 21.6. The van der Waals surface area contributed by atoms with E-state index in [-0.39, 0.29) is 5.56 Å². The summed E-state index contributed by atoms with van der Waals surface area (Å²) >= 11 is 6.16. The van der Waals surface area contributed by atoms with Gasteiger partial charge in [-0.15, -0.1) is 0 Å².